The Balaban J connectivity index is 2.33. The molecular weight excluding hydrogens is 600 g/mol. The van der Waals surface area contributed by atoms with E-state index in [9.17, 15) is 25.3 Å². The van der Waals surface area contributed by atoms with Crippen LogP contribution >= 0.6 is 0 Å². The molecule has 0 aromatic heterocycles. The number of hydrogen-bond acceptors (Lipinski definition) is 12. The summed E-state index contributed by atoms with van der Waals surface area (Å²) in [4.78, 5) is 0. The van der Waals surface area contributed by atoms with Gasteiger partial charge in [-0.1, -0.05) is 24.1 Å². The monoisotopic (exact) mass is 626 g/mol. The predicted octanol–water partition coefficient (Wildman–Crippen LogP) is 3.07. The first-order valence-corrected chi connectivity index (χ1v) is 16.8. The maximum absolute atomic E-state index is 12.4. The van der Waals surface area contributed by atoms with Crippen molar-refractivity contribution in [3.05, 3.63) is 48.5 Å². The van der Waals surface area contributed by atoms with Crippen LogP contribution in [0.1, 0.15) is 0 Å². The van der Waals surface area contributed by atoms with E-state index < -0.39 is 30.4 Å². The van der Waals surface area contributed by atoms with E-state index in [0.29, 0.717) is 11.1 Å². The Hall–Kier alpha value is -4.13. The average Bonchev–Trinajstić information content (AvgIpc) is 2.85. The van der Waals surface area contributed by atoms with Gasteiger partial charge in [-0.15, -0.1) is 6.42 Å². The van der Waals surface area contributed by atoms with E-state index in [-0.39, 0.29) is 52.2 Å². The smallest absolute Gasteiger partial charge is 0.306 e. The average molecular weight is 627 g/mol. The second-order valence-corrected chi connectivity index (χ2v) is 13.1. The van der Waals surface area contributed by atoms with Gasteiger partial charge in [0.2, 0.25) is 0 Å². The molecule has 0 saturated carbocycles. The highest BCUT2D eigenvalue weighted by molar-refractivity contribution is 7.86. The summed E-state index contributed by atoms with van der Waals surface area (Å²) < 4.78 is 104. The molecule has 12 nitrogen and oxygen atoms in total. The van der Waals surface area contributed by atoms with E-state index in [1.54, 1.807) is 0 Å². The maximum Gasteiger partial charge on any atom is 0.306 e. The number of terminal acetylenes is 1. The number of hydrogen-bond donors (Lipinski definition) is 0. The summed E-state index contributed by atoms with van der Waals surface area (Å²) in [6.45, 7) is -0.179. The van der Waals surface area contributed by atoms with Crippen LogP contribution in [0.2, 0.25) is 0 Å². The normalized spacial score (nSPS) is 11.7. The molecule has 3 rings (SSSR count). The fourth-order valence-corrected chi connectivity index (χ4v) is 5.07. The summed E-state index contributed by atoms with van der Waals surface area (Å²) in [5.74, 6) is 1.92. The topological polar surface area (TPSA) is 158 Å². The Kier molecular flexibility index (Phi) is 9.32. The standard InChI is InChI=1S/C26H26O12S3/c1-7-14-35-21-13-10-18(15-22(21)37-40(5,29)30)24-23(33-2)16-20(25(34-3)26(24)38-41(6,31)32)17-8-11-19(12-9-17)36-39(4,27)28/h1,8-13,15-16H,14H2,2-6H3. The van der Waals surface area contributed by atoms with Crippen molar-refractivity contribution in [3.63, 3.8) is 0 Å². The van der Waals surface area contributed by atoms with Gasteiger partial charge in [0.15, 0.2) is 23.0 Å². The molecule has 0 amide bonds. The summed E-state index contributed by atoms with van der Waals surface area (Å²) in [5, 5.41) is 0. The molecular formula is C26H26O12S3. The van der Waals surface area contributed by atoms with Gasteiger partial charge in [0.1, 0.15) is 18.1 Å². The van der Waals surface area contributed by atoms with Crippen molar-refractivity contribution in [2.45, 2.75) is 0 Å². The van der Waals surface area contributed by atoms with Crippen molar-refractivity contribution in [1.29, 1.82) is 0 Å². The van der Waals surface area contributed by atoms with Crippen molar-refractivity contribution < 1.29 is 52.0 Å². The second kappa shape index (κ2) is 12.2. The first kappa shape index (κ1) is 31.4. The zero-order chi connectivity index (χ0) is 30.6. The Morgan fingerprint density at radius 3 is 1.76 bits per heavy atom. The molecule has 0 N–H and O–H groups in total. The summed E-state index contributed by atoms with van der Waals surface area (Å²) in [5.41, 5.74) is 1.08. The fraction of sp³-hybridized carbons (Fsp3) is 0.231. The molecule has 0 aliphatic rings. The summed E-state index contributed by atoms with van der Waals surface area (Å²) in [7, 11) is -9.29. The van der Waals surface area contributed by atoms with Crippen molar-refractivity contribution in [1.82, 2.24) is 0 Å². The number of rotatable bonds is 12. The number of benzene rings is 3. The van der Waals surface area contributed by atoms with Gasteiger partial charge < -0.3 is 26.8 Å². The Morgan fingerprint density at radius 2 is 1.24 bits per heavy atom. The first-order valence-electron chi connectivity index (χ1n) is 11.3. The van der Waals surface area contributed by atoms with Crippen molar-refractivity contribution >= 4 is 30.4 Å². The van der Waals surface area contributed by atoms with Gasteiger partial charge in [0.25, 0.3) is 0 Å². The van der Waals surface area contributed by atoms with Gasteiger partial charge in [-0.05, 0) is 41.5 Å². The van der Waals surface area contributed by atoms with Crippen LogP contribution in [0.15, 0.2) is 48.5 Å². The van der Waals surface area contributed by atoms with Gasteiger partial charge in [-0.2, -0.15) is 25.3 Å². The highest BCUT2D eigenvalue weighted by Gasteiger charge is 2.27. The van der Waals surface area contributed by atoms with Crippen molar-refractivity contribution in [2.24, 2.45) is 0 Å². The highest BCUT2D eigenvalue weighted by atomic mass is 32.2. The minimum Gasteiger partial charge on any atom is -0.496 e. The van der Waals surface area contributed by atoms with Crippen LogP contribution in [0.3, 0.4) is 0 Å². The summed E-state index contributed by atoms with van der Waals surface area (Å²) >= 11 is 0. The molecule has 0 saturated heterocycles. The lowest BCUT2D eigenvalue weighted by Crippen LogP contribution is -2.10. The largest absolute Gasteiger partial charge is 0.496 e. The van der Waals surface area contributed by atoms with Crippen LogP contribution in [0, 0.1) is 12.3 Å². The Labute approximate surface area is 239 Å². The van der Waals surface area contributed by atoms with E-state index in [0.717, 1.165) is 18.8 Å². The van der Waals surface area contributed by atoms with E-state index in [4.69, 9.17) is 33.2 Å². The SMILES string of the molecule is C#CCOc1ccc(-c2c(OC)cc(-c3ccc(OS(C)(=O)=O)cc3)c(OC)c2OS(C)(=O)=O)cc1OS(C)(=O)=O. The third-order valence-corrected chi connectivity index (χ3v) is 6.50. The van der Waals surface area contributed by atoms with E-state index >= 15 is 0 Å². The van der Waals surface area contributed by atoms with Crippen LogP contribution in [-0.2, 0) is 30.4 Å². The molecule has 0 radical (unpaired) electrons. The molecule has 0 heterocycles. The van der Waals surface area contributed by atoms with Crippen LogP contribution in [0.4, 0.5) is 0 Å². The van der Waals surface area contributed by atoms with Crippen molar-refractivity contribution in [3.8, 4) is 69.1 Å². The fourth-order valence-electron chi connectivity index (χ4n) is 3.69. The molecule has 0 aliphatic heterocycles. The molecule has 0 bridgehead atoms. The molecule has 0 atom stereocenters. The van der Waals surface area contributed by atoms with Crippen LogP contribution in [0.25, 0.3) is 22.3 Å². The summed E-state index contributed by atoms with van der Waals surface area (Å²) in [6.07, 6.45) is 7.83. The molecule has 0 aliphatic carbocycles. The molecule has 0 spiro atoms. The van der Waals surface area contributed by atoms with E-state index in [1.807, 2.05) is 0 Å². The molecule has 0 unspecified atom stereocenters. The molecule has 0 fully saturated rings. The summed E-state index contributed by atoms with van der Waals surface area (Å²) in [6, 6.07) is 11.6. The third kappa shape index (κ3) is 8.43. The van der Waals surface area contributed by atoms with Gasteiger partial charge in [-0.25, -0.2) is 0 Å². The Morgan fingerprint density at radius 1 is 0.659 bits per heavy atom. The Bertz CT molecular complexity index is 1800. The number of methoxy groups -OCH3 is 2. The zero-order valence-electron chi connectivity index (χ0n) is 22.5. The van der Waals surface area contributed by atoms with Crippen LogP contribution < -0.4 is 26.8 Å². The minimum atomic E-state index is -4.15. The number of ether oxygens (including phenoxy) is 3. The zero-order valence-corrected chi connectivity index (χ0v) is 25.0. The molecule has 3 aromatic rings. The molecule has 220 valence electrons. The first-order chi connectivity index (χ1) is 19.0. The maximum atomic E-state index is 12.4. The highest BCUT2D eigenvalue weighted by Crippen LogP contribution is 2.51. The predicted molar refractivity (Wildman–Crippen MR) is 151 cm³/mol. The molecule has 15 heteroatoms. The molecule has 41 heavy (non-hydrogen) atoms. The van der Waals surface area contributed by atoms with Crippen molar-refractivity contribution in [2.75, 3.05) is 39.6 Å². The van der Waals surface area contributed by atoms with Gasteiger partial charge in [0.05, 0.1) is 38.6 Å². The second-order valence-electron chi connectivity index (χ2n) is 8.40. The van der Waals surface area contributed by atoms with Gasteiger partial charge in [0, 0.05) is 5.56 Å². The van der Waals surface area contributed by atoms with E-state index in [2.05, 4.69) is 5.92 Å². The lowest BCUT2D eigenvalue weighted by atomic mass is 9.96. The quantitative estimate of drug-likeness (QED) is 0.214. The lowest BCUT2D eigenvalue weighted by Gasteiger charge is -2.21. The lowest BCUT2D eigenvalue weighted by molar-refractivity contribution is 0.354. The third-order valence-electron chi connectivity index (χ3n) is 5.06. The van der Waals surface area contributed by atoms with Crippen LogP contribution in [-0.4, -0.2) is 64.8 Å². The minimum absolute atomic E-state index is 0.0154. The van der Waals surface area contributed by atoms with E-state index in [1.165, 1.54) is 62.8 Å². The van der Waals surface area contributed by atoms with Gasteiger partial charge >= 0.3 is 30.4 Å². The molecule has 3 aromatic carbocycles. The van der Waals surface area contributed by atoms with Gasteiger partial charge in [-0.3, -0.25) is 0 Å². The van der Waals surface area contributed by atoms with Crippen LogP contribution in [0.5, 0.6) is 34.5 Å².